The molecule has 4 rings (SSSR count). The molecule has 156 valence electrons. The van der Waals surface area contributed by atoms with Crippen molar-refractivity contribution in [2.45, 2.75) is 37.3 Å². The molecule has 0 amide bonds. The second kappa shape index (κ2) is 8.70. The van der Waals surface area contributed by atoms with Gasteiger partial charge in [-0.05, 0) is 55.5 Å². The molecule has 0 radical (unpaired) electrons. The number of rotatable bonds is 7. The minimum Gasteiger partial charge on any atom is -0.440 e. The molecule has 1 aliphatic heterocycles. The first-order valence-corrected chi connectivity index (χ1v) is 11.9. The summed E-state index contributed by atoms with van der Waals surface area (Å²) >= 11 is 1.51. The van der Waals surface area contributed by atoms with Crippen molar-refractivity contribution in [1.82, 2.24) is 9.29 Å². The Hall–Kier alpha value is -2.51. The molecule has 0 spiro atoms. The van der Waals surface area contributed by atoms with Crippen LogP contribution in [-0.2, 0) is 21.3 Å². The topological polar surface area (TPSA) is 96.4 Å². The molecule has 2 aromatic heterocycles. The Labute approximate surface area is 179 Å². The number of thiophene rings is 1. The van der Waals surface area contributed by atoms with E-state index in [2.05, 4.69) is 4.98 Å². The summed E-state index contributed by atoms with van der Waals surface area (Å²) < 4.78 is 39.7. The van der Waals surface area contributed by atoms with Crippen LogP contribution in [0.1, 0.15) is 29.9 Å². The first-order chi connectivity index (χ1) is 14.5. The van der Waals surface area contributed by atoms with Gasteiger partial charge in [-0.2, -0.15) is 9.57 Å². The zero-order valence-electron chi connectivity index (χ0n) is 16.4. The third-order valence-electron chi connectivity index (χ3n) is 5.00. The summed E-state index contributed by atoms with van der Waals surface area (Å²) in [5, 5.41) is 10.9. The average molecular weight is 444 g/mol. The predicted octanol–water partition coefficient (Wildman–Crippen LogP) is 3.95. The van der Waals surface area contributed by atoms with Crippen LogP contribution in [0.2, 0.25) is 0 Å². The summed E-state index contributed by atoms with van der Waals surface area (Å²) in [6, 6.07) is 11.8. The van der Waals surface area contributed by atoms with Crippen molar-refractivity contribution in [3.05, 3.63) is 58.8 Å². The number of aryl methyl sites for hydroxylation is 1. The predicted molar refractivity (Wildman–Crippen MR) is 112 cm³/mol. The summed E-state index contributed by atoms with van der Waals surface area (Å²) in [6.07, 6.45) is 1.58. The van der Waals surface area contributed by atoms with E-state index in [0.717, 1.165) is 17.7 Å². The highest BCUT2D eigenvalue weighted by Gasteiger charge is 2.31. The molecule has 3 aromatic rings. The second-order valence-corrected chi connectivity index (χ2v) is 9.95. The molecule has 0 saturated carbocycles. The van der Waals surface area contributed by atoms with Crippen molar-refractivity contribution in [2.24, 2.45) is 0 Å². The standard InChI is InChI=1S/C21H21N3O4S2/c1-15-19(23-21(28-15)20-5-3-11-29-20)14-24(13-17-4-2-10-27-17)30(25,26)18-8-6-16(12-22)7-9-18/h3,5-9,11,17H,2,4,10,13-14H2,1H3. The van der Waals surface area contributed by atoms with Crippen molar-refractivity contribution in [1.29, 1.82) is 5.26 Å². The van der Waals surface area contributed by atoms with E-state index in [0.29, 0.717) is 29.5 Å². The second-order valence-electron chi connectivity index (χ2n) is 7.07. The fourth-order valence-electron chi connectivity index (χ4n) is 3.36. The summed E-state index contributed by atoms with van der Waals surface area (Å²) in [5.74, 6) is 1.08. The van der Waals surface area contributed by atoms with Gasteiger partial charge in [-0.15, -0.1) is 11.3 Å². The van der Waals surface area contributed by atoms with Crippen LogP contribution in [0.4, 0.5) is 0 Å². The Morgan fingerprint density at radius 1 is 1.30 bits per heavy atom. The zero-order valence-corrected chi connectivity index (χ0v) is 18.1. The van der Waals surface area contributed by atoms with E-state index in [9.17, 15) is 8.42 Å². The van der Waals surface area contributed by atoms with E-state index in [4.69, 9.17) is 14.4 Å². The van der Waals surface area contributed by atoms with Gasteiger partial charge in [0.1, 0.15) is 5.76 Å². The highest BCUT2D eigenvalue weighted by Crippen LogP contribution is 2.28. The average Bonchev–Trinajstić information content (AvgIpc) is 3.50. The lowest BCUT2D eigenvalue weighted by molar-refractivity contribution is 0.0923. The first kappa shape index (κ1) is 20.8. The lowest BCUT2D eigenvalue weighted by Gasteiger charge is -2.24. The Morgan fingerprint density at radius 3 is 2.73 bits per heavy atom. The van der Waals surface area contributed by atoms with Crippen LogP contribution in [0.5, 0.6) is 0 Å². The van der Waals surface area contributed by atoms with Crippen molar-refractivity contribution < 1.29 is 17.6 Å². The third kappa shape index (κ3) is 4.32. The molecule has 7 nitrogen and oxygen atoms in total. The third-order valence-corrected chi connectivity index (χ3v) is 7.69. The minimum atomic E-state index is -3.81. The number of hydrogen-bond donors (Lipinski definition) is 0. The SMILES string of the molecule is Cc1oc(-c2cccs2)nc1CN(CC1CCCO1)S(=O)(=O)c1ccc(C#N)cc1. The molecule has 1 saturated heterocycles. The molecule has 0 bridgehead atoms. The summed E-state index contributed by atoms with van der Waals surface area (Å²) in [4.78, 5) is 5.59. The van der Waals surface area contributed by atoms with Gasteiger partial charge in [0, 0.05) is 13.2 Å². The van der Waals surface area contributed by atoms with Crippen LogP contribution in [0.15, 0.2) is 51.1 Å². The first-order valence-electron chi connectivity index (χ1n) is 9.59. The maximum absolute atomic E-state index is 13.4. The van der Waals surface area contributed by atoms with Crippen LogP contribution >= 0.6 is 11.3 Å². The number of hydrogen-bond acceptors (Lipinski definition) is 7. The van der Waals surface area contributed by atoms with Crippen molar-refractivity contribution in [3.63, 3.8) is 0 Å². The summed E-state index contributed by atoms with van der Waals surface area (Å²) in [6.45, 7) is 2.75. The van der Waals surface area contributed by atoms with Crippen molar-refractivity contribution in [3.8, 4) is 16.8 Å². The van der Waals surface area contributed by atoms with E-state index < -0.39 is 10.0 Å². The van der Waals surface area contributed by atoms with Gasteiger partial charge >= 0.3 is 0 Å². The van der Waals surface area contributed by atoms with Gasteiger partial charge in [0.25, 0.3) is 0 Å². The van der Waals surface area contributed by atoms with Crippen LogP contribution in [0.25, 0.3) is 10.8 Å². The van der Waals surface area contributed by atoms with E-state index in [-0.39, 0.29) is 24.1 Å². The van der Waals surface area contributed by atoms with Crippen LogP contribution < -0.4 is 0 Å². The van der Waals surface area contributed by atoms with E-state index in [1.165, 1.54) is 39.9 Å². The summed E-state index contributed by atoms with van der Waals surface area (Å²) in [7, 11) is -3.81. The number of oxazole rings is 1. The Kier molecular flexibility index (Phi) is 6.01. The van der Waals surface area contributed by atoms with Gasteiger partial charge in [0.05, 0.1) is 39.7 Å². The lowest BCUT2D eigenvalue weighted by atomic mass is 10.2. The smallest absolute Gasteiger partial charge is 0.243 e. The fraction of sp³-hybridized carbons (Fsp3) is 0.333. The molecule has 1 unspecified atom stereocenters. The molecule has 1 atom stereocenters. The molecule has 30 heavy (non-hydrogen) atoms. The van der Waals surface area contributed by atoms with Gasteiger partial charge in [-0.25, -0.2) is 13.4 Å². The Bertz CT molecular complexity index is 1140. The largest absolute Gasteiger partial charge is 0.440 e. The van der Waals surface area contributed by atoms with E-state index in [1.54, 1.807) is 6.92 Å². The zero-order chi connectivity index (χ0) is 21.1. The van der Waals surface area contributed by atoms with Gasteiger partial charge < -0.3 is 9.15 Å². The molecule has 9 heteroatoms. The molecule has 3 heterocycles. The Morgan fingerprint density at radius 2 is 2.10 bits per heavy atom. The molecule has 1 aromatic carbocycles. The van der Waals surface area contributed by atoms with Crippen LogP contribution in [0, 0.1) is 18.3 Å². The number of ether oxygens (including phenoxy) is 1. The van der Waals surface area contributed by atoms with Crippen LogP contribution in [-0.4, -0.2) is 37.0 Å². The van der Waals surface area contributed by atoms with E-state index >= 15 is 0 Å². The van der Waals surface area contributed by atoms with Gasteiger partial charge in [0.2, 0.25) is 15.9 Å². The molecule has 1 aliphatic rings. The van der Waals surface area contributed by atoms with Crippen molar-refractivity contribution >= 4 is 21.4 Å². The molecule has 1 fully saturated rings. The lowest BCUT2D eigenvalue weighted by Crippen LogP contribution is -2.37. The highest BCUT2D eigenvalue weighted by molar-refractivity contribution is 7.89. The van der Waals surface area contributed by atoms with Gasteiger partial charge in [-0.1, -0.05) is 6.07 Å². The molecular formula is C21H21N3O4S2. The monoisotopic (exact) mass is 443 g/mol. The number of sulfonamides is 1. The quantitative estimate of drug-likeness (QED) is 0.548. The maximum atomic E-state index is 13.4. The Balaban J connectivity index is 1.65. The number of nitriles is 1. The fourth-order valence-corrected chi connectivity index (χ4v) is 5.44. The van der Waals surface area contributed by atoms with Gasteiger partial charge in [0.15, 0.2) is 0 Å². The van der Waals surface area contributed by atoms with Gasteiger partial charge in [-0.3, -0.25) is 0 Å². The number of nitrogens with zero attached hydrogens (tertiary/aromatic N) is 3. The van der Waals surface area contributed by atoms with Crippen LogP contribution in [0.3, 0.4) is 0 Å². The maximum Gasteiger partial charge on any atom is 0.243 e. The number of aromatic nitrogens is 1. The molecular weight excluding hydrogens is 422 g/mol. The van der Waals surface area contributed by atoms with E-state index in [1.807, 2.05) is 23.6 Å². The highest BCUT2D eigenvalue weighted by atomic mass is 32.2. The molecule has 0 N–H and O–H groups in total. The normalized spacial score (nSPS) is 16.8. The molecule has 0 aliphatic carbocycles. The summed E-state index contributed by atoms with van der Waals surface area (Å²) in [5.41, 5.74) is 0.987. The minimum absolute atomic E-state index is 0.0862. The number of benzene rings is 1. The van der Waals surface area contributed by atoms with Crippen molar-refractivity contribution in [2.75, 3.05) is 13.2 Å².